The highest BCUT2D eigenvalue weighted by molar-refractivity contribution is 7.88. The van der Waals surface area contributed by atoms with Crippen LogP contribution in [0.5, 0.6) is 0 Å². The standard InChI is InChI=1S/C13H21FN2O2S/c1-2-3-7-13(9-15)16-19(17,18)10-11-5-4-6-12(14)8-11/h4-6,8,13,16H,2-3,7,9-10,15H2,1H3. The first-order valence-corrected chi connectivity index (χ1v) is 8.06. The van der Waals surface area contributed by atoms with Crippen LogP contribution in [0, 0.1) is 5.82 Å². The van der Waals surface area contributed by atoms with Crippen molar-refractivity contribution in [3.05, 3.63) is 35.6 Å². The first-order chi connectivity index (χ1) is 8.96. The number of nitrogens with one attached hydrogen (secondary N) is 1. The summed E-state index contributed by atoms with van der Waals surface area (Å²) in [6.45, 7) is 2.30. The van der Waals surface area contributed by atoms with Gasteiger partial charge in [-0.1, -0.05) is 31.9 Å². The Bertz CT molecular complexity index is 491. The minimum Gasteiger partial charge on any atom is -0.329 e. The molecule has 0 saturated heterocycles. The summed E-state index contributed by atoms with van der Waals surface area (Å²) in [4.78, 5) is 0. The van der Waals surface area contributed by atoms with Gasteiger partial charge in [0.25, 0.3) is 0 Å². The molecule has 0 radical (unpaired) electrons. The van der Waals surface area contributed by atoms with Crippen LogP contribution in [0.25, 0.3) is 0 Å². The Morgan fingerprint density at radius 1 is 1.42 bits per heavy atom. The predicted octanol–water partition coefficient (Wildman–Crippen LogP) is 1.76. The van der Waals surface area contributed by atoms with Gasteiger partial charge in [-0.2, -0.15) is 0 Å². The van der Waals surface area contributed by atoms with Crippen molar-refractivity contribution >= 4 is 10.0 Å². The van der Waals surface area contributed by atoms with E-state index in [1.807, 2.05) is 6.92 Å². The number of halogens is 1. The van der Waals surface area contributed by atoms with E-state index in [2.05, 4.69) is 4.72 Å². The van der Waals surface area contributed by atoms with Gasteiger partial charge in [0.05, 0.1) is 5.75 Å². The van der Waals surface area contributed by atoms with Gasteiger partial charge in [-0.05, 0) is 24.1 Å². The molecular weight excluding hydrogens is 267 g/mol. The number of sulfonamides is 1. The summed E-state index contributed by atoms with van der Waals surface area (Å²) >= 11 is 0. The second-order valence-electron chi connectivity index (χ2n) is 4.58. The maximum Gasteiger partial charge on any atom is 0.216 e. The molecule has 1 rings (SSSR count). The van der Waals surface area contributed by atoms with Crippen LogP contribution in [0.2, 0.25) is 0 Å². The highest BCUT2D eigenvalue weighted by Gasteiger charge is 2.17. The normalized spacial score (nSPS) is 13.4. The molecule has 19 heavy (non-hydrogen) atoms. The van der Waals surface area contributed by atoms with Crippen LogP contribution in [0.15, 0.2) is 24.3 Å². The average molecular weight is 288 g/mol. The number of hydrogen-bond acceptors (Lipinski definition) is 3. The monoisotopic (exact) mass is 288 g/mol. The van der Waals surface area contributed by atoms with Gasteiger partial charge in [0.15, 0.2) is 0 Å². The smallest absolute Gasteiger partial charge is 0.216 e. The second-order valence-corrected chi connectivity index (χ2v) is 6.34. The molecule has 0 spiro atoms. The van der Waals surface area contributed by atoms with Crippen LogP contribution < -0.4 is 10.5 Å². The van der Waals surface area contributed by atoms with Crippen molar-refractivity contribution in [2.75, 3.05) is 6.54 Å². The molecule has 0 amide bonds. The third-order valence-corrected chi connectivity index (χ3v) is 4.19. The Kier molecular flexibility index (Phi) is 6.41. The third-order valence-electron chi connectivity index (χ3n) is 2.78. The first-order valence-electron chi connectivity index (χ1n) is 6.41. The molecule has 0 fully saturated rings. The van der Waals surface area contributed by atoms with Gasteiger partial charge < -0.3 is 5.73 Å². The van der Waals surface area contributed by atoms with Gasteiger partial charge in [0.1, 0.15) is 5.82 Å². The summed E-state index contributed by atoms with van der Waals surface area (Å²) in [5.41, 5.74) is 5.98. The van der Waals surface area contributed by atoms with Gasteiger partial charge in [-0.3, -0.25) is 0 Å². The number of rotatable bonds is 8. The molecule has 4 nitrogen and oxygen atoms in total. The van der Waals surface area contributed by atoms with Crippen molar-refractivity contribution in [3.8, 4) is 0 Å². The lowest BCUT2D eigenvalue weighted by molar-refractivity contribution is 0.515. The van der Waals surface area contributed by atoms with Crippen molar-refractivity contribution in [2.45, 2.75) is 38.0 Å². The fraction of sp³-hybridized carbons (Fsp3) is 0.538. The van der Waals surface area contributed by atoms with Crippen LogP contribution in [0.3, 0.4) is 0 Å². The van der Waals surface area contributed by atoms with Crippen LogP contribution >= 0.6 is 0 Å². The van der Waals surface area contributed by atoms with Gasteiger partial charge in [0, 0.05) is 12.6 Å². The number of unbranched alkanes of at least 4 members (excludes halogenated alkanes) is 1. The van der Waals surface area contributed by atoms with Crippen LogP contribution in [0.1, 0.15) is 31.7 Å². The number of nitrogens with two attached hydrogens (primary N) is 1. The van der Waals surface area contributed by atoms with E-state index in [-0.39, 0.29) is 18.3 Å². The van der Waals surface area contributed by atoms with E-state index in [0.717, 1.165) is 19.3 Å². The van der Waals surface area contributed by atoms with E-state index >= 15 is 0 Å². The largest absolute Gasteiger partial charge is 0.329 e. The van der Waals surface area contributed by atoms with E-state index in [1.165, 1.54) is 18.2 Å². The Labute approximate surface area is 114 Å². The molecule has 0 bridgehead atoms. The fourth-order valence-corrected chi connectivity index (χ4v) is 3.24. The lowest BCUT2D eigenvalue weighted by Crippen LogP contribution is -2.40. The zero-order valence-electron chi connectivity index (χ0n) is 11.1. The molecule has 108 valence electrons. The van der Waals surface area contributed by atoms with Crippen molar-refractivity contribution in [1.82, 2.24) is 4.72 Å². The molecule has 0 saturated carbocycles. The van der Waals surface area contributed by atoms with Crippen molar-refractivity contribution in [2.24, 2.45) is 5.73 Å². The summed E-state index contributed by atoms with van der Waals surface area (Å²) < 4.78 is 39.5. The molecule has 0 aliphatic heterocycles. The highest BCUT2D eigenvalue weighted by Crippen LogP contribution is 2.09. The predicted molar refractivity (Wildman–Crippen MR) is 74.5 cm³/mol. The van der Waals surface area contributed by atoms with Gasteiger partial charge >= 0.3 is 0 Å². The molecule has 0 heterocycles. The average Bonchev–Trinajstić information content (AvgIpc) is 2.33. The molecule has 0 aromatic heterocycles. The topological polar surface area (TPSA) is 72.2 Å². The highest BCUT2D eigenvalue weighted by atomic mass is 32.2. The molecule has 3 N–H and O–H groups in total. The SMILES string of the molecule is CCCCC(CN)NS(=O)(=O)Cc1cccc(F)c1. The molecule has 0 aliphatic carbocycles. The zero-order valence-corrected chi connectivity index (χ0v) is 11.9. The quantitative estimate of drug-likeness (QED) is 0.765. The Morgan fingerprint density at radius 3 is 2.74 bits per heavy atom. The fourth-order valence-electron chi connectivity index (χ4n) is 1.82. The minimum atomic E-state index is -3.49. The summed E-state index contributed by atoms with van der Waals surface area (Å²) in [6.07, 6.45) is 2.63. The zero-order chi connectivity index (χ0) is 14.3. The Morgan fingerprint density at radius 2 is 2.16 bits per heavy atom. The molecule has 6 heteroatoms. The summed E-state index contributed by atoms with van der Waals surface area (Å²) in [5, 5.41) is 0. The molecule has 1 unspecified atom stereocenters. The summed E-state index contributed by atoms with van der Waals surface area (Å²) in [6, 6.07) is 5.35. The lowest BCUT2D eigenvalue weighted by Gasteiger charge is -2.16. The van der Waals surface area contributed by atoms with Gasteiger partial charge in [0.2, 0.25) is 10.0 Å². The molecular formula is C13H21FN2O2S. The van der Waals surface area contributed by atoms with Gasteiger partial charge in [-0.25, -0.2) is 17.5 Å². The van der Waals surface area contributed by atoms with Crippen LogP contribution in [-0.4, -0.2) is 21.0 Å². The van der Waals surface area contributed by atoms with E-state index in [1.54, 1.807) is 6.07 Å². The summed E-state index contributed by atoms with van der Waals surface area (Å²) in [7, 11) is -3.49. The Hall–Kier alpha value is -0.980. The first kappa shape index (κ1) is 16.1. The van der Waals surface area contributed by atoms with E-state index < -0.39 is 15.8 Å². The molecule has 0 aliphatic rings. The third kappa shape index (κ3) is 6.13. The van der Waals surface area contributed by atoms with E-state index in [9.17, 15) is 12.8 Å². The van der Waals surface area contributed by atoms with Crippen LogP contribution in [0.4, 0.5) is 4.39 Å². The van der Waals surface area contributed by atoms with Crippen molar-refractivity contribution in [3.63, 3.8) is 0 Å². The van der Waals surface area contributed by atoms with Crippen molar-refractivity contribution in [1.29, 1.82) is 0 Å². The molecule has 1 aromatic rings. The van der Waals surface area contributed by atoms with E-state index in [0.29, 0.717) is 5.56 Å². The minimum absolute atomic E-state index is 0.229. The Balaban J connectivity index is 2.65. The molecule has 1 aromatic carbocycles. The van der Waals surface area contributed by atoms with Crippen LogP contribution in [-0.2, 0) is 15.8 Å². The van der Waals surface area contributed by atoms with Gasteiger partial charge in [-0.15, -0.1) is 0 Å². The van der Waals surface area contributed by atoms with E-state index in [4.69, 9.17) is 5.73 Å². The maximum atomic E-state index is 13.0. The number of hydrogen-bond donors (Lipinski definition) is 2. The summed E-state index contributed by atoms with van der Waals surface area (Å²) in [5.74, 6) is -0.665. The maximum absolute atomic E-state index is 13.0. The second kappa shape index (κ2) is 7.57. The number of benzene rings is 1. The lowest BCUT2D eigenvalue weighted by atomic mass is 10.1. The van der Waals surface area contributed by atoms with Crippen molar-refractivity contribution < 1.29 is 12.8 Å². The molecule has 1 atom stereocenters.